The van der Waals surface area contributed by atoms with Crippen molar-refractivity contribution in [3.8, 4) is 0 Å². The van der Waals surface area contributed by atoms with Crippen LogP contribution in [0.4, 0.5) is 8.78 Å². The third kappa shape index (κ3) is 2.50. The molecule has 2 aromatic heterocycles. The summed E-state index contributed by atoms with van der Waals surface area (Å²) in [4.78, 5) is 14.7. The van der Waals surface area contributed by atoms with Crippen LogP contribution in [-0.4, -0.2) is 16.0 Å². The number of hydrogen-bond acceptors (Lipinski definition) is 4. The van der Waals surface area contributed by atoms with Gasteiger partial charge in [-0.25, -0.2) is 9.37 Å². The van der Waals surface area contributed by atoms with Crippen molar-refractivity contribution in [3.05, 3.63) is 47.1 Å². The summed E-state index contributed by atoms with van der Waals surface area (Å²) < 4.78 is 30.9. The van der Waals surface area contributed by atoms with Crippen LogP contribution in [0.5, 0.6) is 0 Å². The van der Waals surface area contributed by atoms with Gasteiger partial charge in [-0.3, -0.25) is 4.79 Å². The number of carbonyl (C=O) groups is 1. The number of amides is 1. The number of aryl methyl sites for hydroxylation is 1. The van der Waals surface area contributed by atoms with Gasteiger partial charge in [-0.05, 0) is 13.0 Å². The van der Waals surface area contributed by atoms with Crippen molar-refractivity contribution in [1.82, 2.24) is 15.5 Å². The highest BCUT2D eigenvalue weighted by Gasteiger charge is 2.16. The number of aromatic nitrogens is 2. The summed E-state index contributed by atoms with van der Waals surface area (Å²) in [6.45, 7) is 1.77. The van der Waals surface area contributed by atoms with Crippen LogP contribution >= 0.6 is 0 Å². The van der Waals surface area contributed by atoms with Gasteiger partial charge in [-0.2, -0.15) is 4.39 Å². The van der Waals surface area contributed by atoms with Gasteiger partial charge in [0.05, 0.1) is 12.1 Å². The molecule has 0 aliphatic heterocycles. The molecule has 0 saturated heterocycles. The Morgan fingerprint density at radius 3 is 2.94 bits per heavy atom. The smallest absolute Gasteiger partial charge is 0.254 e. The van der Waals surface area contributed by atoms with Gasteiger partial charge in [0.2, 0.25) is 5.95 Å². The number of rotatable bonds is 3. The molecule has 0 aliphatic rings. The van der Waals surface area contributed by atoms with Crippen LogP contribution in [0.1, 0.15) is 21.8 Å². The van der Waals surface area contributed by atoms with Crippen LogP contribution in [0.15, 0.2) is 22.9 Å². The Kier molecular flexibility index (Phi) is 3.31. The van der Waals surface area contributed by atoms with E-state index in [0.717, 1.165) is 12.3 Å². The van der Waals surface area contributed by atoms with Crippen LogP contribution in [0.25, 0.3) is 0 Å². The number of hydrogen-bond donors (Lipinski definition) is 1. The van der Waals surface area contributed by atoms with Gasteiger partial charge < -0.3 is 9.84 Å². The third-order valence-corrected chi connectivity index (χ3v) is 2.20. The number of halogens is 2. The maximum atomic E-state index is 13.2. The largest absolute Gasteiger partial charge is 0.361 e. The molecule has 0 fully saturated rings. The van der Waals surface area contributed by atoms with E-state index in [1.165, 1.54) is 0 Å². The quantitative estimate of drug-likeness (QED) is 0.843. The highest BCUT2D eigenvalue weighted by molar-refractivity contribution is 5.94. The first-order chi connectivity index (χ1) is 8.58. The van der Waals surface area contributed by atoms with Gasteiger partial charge in [0, 0.05) is 12.3 Å². The summed E-state index contributed by atoms with van der Waals surface area (Å²) in [6, 6.07) is 2.73. The molecule has 7 heteroatoms. The predicted octanol–water partition coefficient (Wildman–Crippen LogP) is 1.59. The summed E-state index contributed by atoms with van der Waals surface area (Å²) in [7, 11) is 0. The van der Waals surface area contributed by atoms with Gasteiger partial charge in [0.25, 0.3) is 5.91 Å². The Morgan fingerprint density at radius 2 is 2.28 bits per heavy atom. The van der Waals surface area contributed by atoms with Crippen LogP contribution < -0.4 is 5.32 Å². The molecule has 2 heterocycles. The van der Waals surface area contributed by atoms with Gasteiger partial charge in [0.15, 0.2) is 5.82 Å². The van der Waals surface area contributed by atoms with Crippen LogP contribution in [0.3, 0.4) is 0 Å². The van der Waals surface area contributed by atoms with Crippen molar-refractivity contribution in [1.29, 1.82) is 0 Å². The van der Waals surface area contributed by atoms with Crippen molar-refractivity contribution in [2.75, 3.05) is 0 Å². The monoisotopic (exact) mass is 253 g/mol. The molecule has 2 rings (SSSR count). The molecule has 2 aromatic rings. The van der Waals surface area contributed by atoms with Gasteiger partial charge in [-0.15, -0.1) is 0 Å². The molecule has 94 valence electrons. The maximum Gasteiger partial charge on any atom is 0.254 e. The van der Waals surface area contributed by atoms with Crippen LogP contribution in [0.2, 0.25) is 0 Å². The zero-order valence-electron chi connectivity index (χ0n) is 9.41. The fourth-order valence-electron chi connectivity index (χ4n) is 1.36. The Morgan fingerprint density at radius 1 is 1.50 bits per heavy atom. The van der Waals surface area contributed by atoms with Crippen molar-refractivity contribution >= 4 is 5.91 Å². The van der Waals surface area contributed by atoms with E-state index < -0.39 is 23.2 Å². The molecule has 0 aromatic carbocycles. The molecular formula is C11H9F2N3O2. The van der Waals surface area contributed by atoms with Gasteiger partial charge in [0.1, 0.15) is 11.5 Å². The lowest BCUT2D eigenvalue weighted by Gasteiger charge is -2.03. The van der Waals surface area contributed by atoms with E-state index in [4.69, 9.17) is 4.52 Å². The zero-order valence-corrected chi connectivity index (χ0v) is 9.41. The van der Waals surface area contributed by atoms with Crippen LogP contribution in [-0.2, 0) is 6.54 Å². The molecule has 0 spiro atoms. The SMILES string of the molecule is Cc1cc(CNC(=O)c2ccnc(F)c2F)no1. The van der Waals surface area contributed by atoms with Gasteiger partial charge in [-0.1, -0.05) is 5.16 Å². The molecule has 1 amide bonds. The van der Waals surface area contributed by atoms with Crippen LogP contribution in [0, 0.1) is 18.7 Å². The molecule has 18 heavy (non-hydrogen) atoms. The fourth-order valence-corrected chi connectivity index (χ4v) is 1.36. The summed E-state index contributed by atoms with van der Waals surface area (Å²) in [6.07, 6.45) is 1.02. The molecule has 0 aliphatic carbocycles. The number of carbonyl (C=O) groups excluding carboxylic acids is 1. The molecular weight excluding hydrogens is 244 g/mol. The fraction of sp³-hybridized carbons (Fsp3) is 0.182. The van der Waals surface area contributed by atoms with E-state index in [0.29, 0.717) is 11.5 Å². The molecule has 0 bridgehead atoms. The minimum atomic E-state index is -1.31. The molecule has 0 radical (unpaired) electrons. The third-order valence-electron chi connectivity index (χ3n) is 2.20. The summed E-state index contributed by atoms with van der Waals surface area (Å²) in [5, 5.41) is 6.05. The van der Waals surface area contributed by atoms with Crippen molar-refractivity contribution < 1.29 is 18.1 Å². The zero-order chi connectivity index (χ0) is 13.1. The first-order valence-corrected chi connectivity index (χ1v) is 5.08. The second-order valence-electron chi connectivity index (χ2n) is 3.57. The average Bonchev–Trinajstić information content (AvgIpc) is 2.76. The lowest BCUT2D eigenvalue weighted by molar-refractivity contribution is 0.0944. The summed E-state index contributed by atoms with van der Waals surface area (Å²) >= 11 is 0. The second kappa shape index (κ2) is 4.91. The van der Waals surface area contributed by atoms with E-state index in [9.17, 15) is 13.6 Å². The normalized spacial score (nSPS) is 10.4. The highest BCUT2D eigenvalue weighted by Crippen LogP contribution is 2.09. The van der Waals surface area contributed by atoms with E-state index >= 15 is 0 Å². The maximum absolute atomic E-state index is 13.2. The predicted molar refractivity (Wildman–Crippen MR) is 56.6 cm³/mol. The first kappa shape index (κ1) is 12.2. The minimum Gasteiger partial charge on any atom is -0.361 e. The second-order valence-corrected chi connectivity index (χ2v) is 3.57. The lowest BCUT2D eigenvalue weighted by atomic mass is 10.2. The minimum absolute atomic E-state index is 0.0690. The Balaban J connectivity index is 2.06. The molecule has 5 nitrogen and oxygen atoms in total. The standard InChI is InChI=1S/C11H9F2N3O2/c1-6-4-7(16-18-6)5-15-11(17)8-2-3-14-10(13)9(8)12/h2-4H,5H2,1H3,(H,15,17). The Bertz CT molecular complexity index is 583. The lowest BCUT2D eigenvalue weighted by Crippen LogP contribution is -2.24. The van der Waals surface area contributed by atoms with Crippen molar-refractivity contribution in [3.63, 3.8) is 0 Å². The average molecular weight is 253 g/mol. The Labute approximate surface area is 101 Å². The summed E-state index contributed by atoms with van der Waals surface area (Å²) in [5.41, 5.74) is 0.0958. The first-order valence-electron chi connectivity index (χ1n) is 5.08. The molecule has 1 N–H and O–H groups in total. The van der Waals surface area contributed by atoms with Crippen molar-refractivity contribution in [2.24, 2.45) is 0 Å². The molecule has 0 unspecified atom stereocenters. The topological polar surface area (TPSA) is 68.0 Å². The van der Waals surface area contributed by atoms with E-state index in [1.54, 1.807) is 13.0 Å². The van der Waals surface area contributed by atoms with E-state index in [1.807, 2.05) is 0 Å². The highest BCUT2D eigenvalue weighted by atomic mass is 19.2. The molecule has 0 saturated carbocycles. The Hall–Kier alpha value is -2.31. The van der Waals surface area contributed by atoms with Crippen molar-refractivity contribution in [2.45, 2.75) is 13.5 Å². The number of pyridine rings is 1. The number of nitrogens with zero attached hydrogens (tertiary/aromatic N) is 2. The summed E-state index contributed by atoms with van der Waals surface area (Å²) in [5.74, 6) is -2.72. The van der Waals surface area contributed by atoms with E-state index in [-0.39, 0.29) is 6.54 Å². The number of nitrogens with one attached hydrogen (secondary N) is 1. The van der Waals surface area contributed by atoms with Gasteiger partial charge >= 0.3 is 0 Å². The van der Waals surface area contributed by atoms with E-state index in [2.05, 4.69) is 15.5 Å². The molecule has 0 atom stereocenters.